The number of nitrogens with one attached hydrogen (secondary N) is 1. The van der Waals surface area contributed by atoms with E-state index in [1.807, 2.05) is 24.3 Å². The zero-order valence-corrected chi connectivity index (χ0v) is 13.2. The van der Waals surface area contributed by atoms with Crippen molar-refractivity contribution in [2.75, 3.05) is 20.3 Å². The molecule has 1 amide bonds. The SMILES string of the molecule is COCCNC(=O)[C@H]1[C@@H]2CC[C@@]3(CC(=O)c4ccccc4O3)[C@@H]21. The fourth-order valence-electron chi connectivity index (χ4n) is 4.51. The molecule has 0 radical (unpaired) electrons. The molecule has 3 aliphatic rings. The summed E-state index contributed by atoms with van der Waals surface area (Å²) < 4.78 is 11.3. The summed E-state index contributed by atoms with van der Waals surface area (Å²) >= 11 is 0. The Labute approximate surface area is 135 Å². The van der Waals surface area contributed by atoms with Crippen molar-refractivity contribution in [1.29, 1.82) is 0 Å². The summed E-state index contributed by atoms with van der Waals surface area (Å²) in [5, 5.41) is 2.92. The topological polar surface area (TPSA) is 64.6 Å². The van der Waals surface area contributed by atoms with Crippen molar-refractivity contribution in [3.05, 3.63) is 29.8 Å². The van der Waals surface area contributed by atoms with E-state index in [-0.39, 0.29) is 23.5 Å². The number of rotatable bonds is 4. The third-order valence-corrected chi connectivity index (χ3v) is 5.55. The van der Waals surface area contributed by atoms with Crippen LogP contribution in [0.5, 0.6) is 5.75 Å². The van der Waals surface area contributed by atoms with E-state index in [1.54, 1.807) is 7.11 Å². The summed E-state index contributed by atoms with van der Waals surface area (Å²) in [5.41, 5.74) is 0.197. The van der Waals surface area contributed by atoms with Gasteiger partial charge in [-0.25, -0.2) is 0 Å². The van der Waals surface area contributed by atoms with Gasteiger partial charge in [-0.15, -0.1) is 0 Å². The molecule has 1 aliphatic heterocycles. The number of carbonyl (C=O) groups is 2. The molecular weight excluding hydrogens is 294 g/mol. The number of Topliss-reactive ketones (excluding diaryl/α,β-unsaturated/α-hetero) is 1. The molecular formula is C18H21NO4. The van der Waals surface area contributed by atoms with Crippen LogP contribution in [0.4, 0.5) is 0 Å². The number of fused-ring (bicyclic) bond motifs is 3. The lowest BCUT2D eigenvalue weighted by Gasteiger charge is -2.37. The van der Waals surface area contributed by atoms with E-state index < -0.39 is 5.60 Å². The van der Waals surface area contributed by atoms with Gasteiger partial charge in [-0.1, -0.05) is 12.1 Å². The quantitative estimate of drug-likeness (QED) is 0.861. The molecule has 0 bridgehead atoms. The molecule has 0 saturated heterocycles. The van der Waals surface area contributed by atoms with E-state index in [0.29, 0.717) is 36.8 Å². The third-order valence-electron chi connectivity index (χ3n) is 5.55. The van der Waals surface area contributed by atoms with Crippen molar-refractivity contribution in [2.24, 2.45) is 17.8 Å². The summed E-state index contributed by atoms with van der Waals surface area (Å²) in [6.45, 7) is 1.04. The van der Waals surface area contributed by atoms with Crippen molar-refractivity contribution in [3.63, 3.8) is 0 Å². The first-order chi connectivity index (χ1) is 11.2. The maximum atomic E-state index is 12.5. The molecule has 5 nitrogen and oxygen atoms in total. The fourth-order valence-corrected chi connectivity index (χ4v) is 4.51. The maximum absolute atomic E-state index is 12.5. The molecule has 23 heavy (non-hydrogen) atoms. The summed E-state index contributed by atoms with van der Waals surface area (Å²) in [6.07, 6.45) is 2.22. The van der Waals surface area contributed by atoms with Gasteiger partial charge in [0.15, 0.2) is 5.78 Å². The second-order valence-electron chi connectivity index (χ2n) is 6.80. The van der Waals surface area contributed by atoms with Gasteiger partial charge < -0.3 is 14.8 Å². The standard InChI is InChI=1S/C18H21NO4/c1-22-9-8-19-17(21)15-12-6-7-18(16(12)15)10-13(20)11-4-2-3-5-14(11)23-18/h2-5,12,15-16H,6-10H2,1H3,(H,19,21)/t12-,15-,16-,18+/m0/s1. The van der Waals surface area contributed by atoms with Gasteiger partial charge in [0.1, 0.15) is 11.4 Å². The minimum Gasteiger partial charge on any atom is -0.486 e. The fraction of sp³-hybridized carbons (Fsp3) is 0.556. The Morgan fingerprint density at radius 1 is 1.43 bits per heavy atom. The van der Waals surface area contributed by atoms with E-state index in [2.05, 4.69) is 5.32 Å². The molecule has 4 atom stereocenters. The number of ketones is 1. The van der Waals surface area contributed by atoms with E-state index in [0.717, 1.165) is 12.8 Å². The zero-order chi connectivity index (χ0) is 16.0. The first kappa shape index (κ1) is 14.7. The lowest BCUT2D eigenvalue weighted by molar-refractivity contribution is -0.124. The van der Waals surface area contributed by atoms with E-state index in [1.165, 1.54) is 0 Å². The predicted molar refractivity (Wildman–Crippen MR) is 83.3 cm³/mol. The van der Waals surface area contributed by atoms with Crippen molar-refractivity contribution < 1.29 is 19.1 Å². The maximum Gasteiger partial charge on any atom is 0.223 e. The minimum atomic E-state index is -0.473. The minimum absolute atomic E-state index is 0.0151. The molecule has 5 heteroatoms. The highest BCUT2D eigenvalue weighted by molar-refractivity contribution is 6.00. The Bertz CT molecular complexity index is 658. The van der Waals surface area contributed by atoms with Crippen molar-refractivity contribution >= 4 is 11.7 Å². The number of hydrogen-bond donors (Lipinski definition) is 1. The van der Waals surface area contributed by atoms with Crippen LogP contribution < -0.4 is 10.1 Å². The normalized spacial score (nSPS) is 33.8. The summed E-state index contributed by atoms with van der Waals surface area (Å²) in [6, 6.07) is 7.43. The number of hydrogen-bond acceptors (Lipinski definition) is 4. The van der Waals surface area contributed by atoms with E-state index in [4.69, 9.17) is 9.47 Å². The Morgan fingerprint density at radius 3 is 3.09 bits per heavy atom. The van der Waals surface area contributed by atoms with Gasteiger partial charge in [0.05, 0.1) is 18.6 Å². The largest absolute Gasteiger partial charge is 0.486 e. The number of methoxy groups -OCH3 is 1. The van der Waals surface area contributed by atoms with Gasteiger partial charge in [-0.05, 0) is 30.9 Å². The molecule has 0 aromatic heterocycles. The molecule has 1 N–H and O–H groups in total. The third kappa shape index (κ3) is 2.26. The smallest absolute Gasteiger partial charge is 0.223 e. The van der Waals surface area contributed by atoms with Crippen LogP contribution in [0.25, 0.3) is 0 Å². The first-order valence-corrected chi connectivity index (χ1v) is 8.24. The van der Waals surface area contributed by atoms with Crippen LogP contribution in [0.3, 0.4) is 0 Å². The molecule has 1 spiro atoms. The molecule has 2 fully saturated rings. The number of para-hydroxylation sites is 1. The Balaban J connectivity index is 1.51. The van der Waals surface area contributed by atoms with Crippen molar-refractivity contribution in [3.8, 4) is 5.75 Å². The second-order valence-corrected chi connectivity index (χ2v) is 6.80. The second kappa shape index (κ2) is 5.34. The molecule has 4 rings (SSSR count). The highest BCUT2D eigenvalue weighted by atomic mass is 16.5. The van der Waals surface area contributed by atoms with E-state index in [9.17, 15) is 9.59 Å². The number of ether oxygens (including phenoxy) is 2. The van der Waals surface area contributed by atoms with E-state index >= 15 is 0 Å². The molecule has 0 unspecified atom stereocenters. The molecule has 2 aliphatic carbocycles. The molecule has 122 valence electrons. The zero-order valence-electron chi connectivity index (χ0n) is 13.2. The van der Waals surface area contributed by atoms with Crippen LogP contribution in [0.1, 0.15) is 29.6 Å². The Morgan fingerprint density at radius 2 is 2.26 bits per heavy atom. The number of carbonyl (C=O) groups excluding carboxylic acids is 2. The molecule has 1 heterocycles. The van der Waals surface area contributed by atoms with Gasteiger partial charge in [0.25, 0.3) is 0 Å². The highest BCUT2D eigenvalue weighted by Crippen LogP contribution is 2.65. The van der Waals surface area contributed by atoms with Gasteiger partial charge in [0.2, 0.25) is 5.91 Å². The lowest BCUT2D eigenvalue weighted by atomic mass is 9.84. The van der Waals surface area contributed by atoms with Crippen molar-refractivity contribution in [1.82, 2.24) is 5.32 Å². The summed E-state index contributed by atoms with van der Waals surface area (Å²) in [7, 11) is 1.62. The van der Waals surface area contributed by atoms with Crippen LogP contribution in [-0.4, -0.2) is 37.6 Å². The average Bonchev–Trinajstić information content (AvgIpc) is 3.20. The van der Waals surface area contributed by atoms with Gasteiger partial charge in [-0.3, -0.25) is 9.59 Å². The van der Waals surface area contributed by atoms with Crippen LogP contribution in [0.2, 0.25) is 0 Å². The Hall–Kier alpha value is -1.88. The summed E-state index contributed by atoms with van der Waals surface area (Å²) in [5.74, 6) is 1.40. The summed E-state index contributed by atoms with van der Waals surface area (Å²) in [4.78, 5) is 24.8. The lowest BCUT2D eigenvalue weighted by Crippen LogP contribution is -2.44. The predicted octanol–water partition coefficient (Wildman–Crippen LogP) is 1.81. The van der Waals surface area contributed by atoms with Gasteiger partial charge >= 0.3 is 0 Å². The van der Waals surface area contributed by atoms with Crippen molar-refractivity contribution in [2.45, 2.75) is 24.9 Å². The molecule has 1 aromatic carbocycles. The van der Waals surface area contributed by atoms with Crippen LogP contribution >= 0.6 is 0 Å². The monoisotopic (exact) mass is 315 g/mol. The van der Waals surface area contributed by atoms with Crippen LogP contribution in [0, 0.1) is 17.8 Å². The molecule has 1 aromatic rings. The highest BCUT2D eigenvalue weighted by Gasteiger charge is 2.70. The number of amides is 1. The first-order valence-electron chi connectivity index (χ1n) is 8.24. The van der Waals surface area contributed by atoms with Gasteiger partial charge in [0, 0.05) is 25.5 Å². The number of benzene rings is 1. The van der Waals surface area contributed by atoms with Crippen LogP contribution in [-0.2, 0) is 9.53 Å². The molecule has 2 saturated carbocycles. The van der Waals surface area contributed by atoms with Crippen LogP contribution in [0.15, 0.2) is 24.3 Å². The average molecular weight is 315 g/mol. The Kier molecular flexibility index (Phi) is 3.41. The van der Waals surface area contributed by atoms with Gasteiger partial charge in [-0.2, -0.15) is 0 Å².